The van der Waals surface area contributed by atoms with Crippen molar-refractivity contribution in [3.05, 3.63) is 24.0 Å². The molecule has 0 aromatic carbocycles. The molecular formula is C7H8NO+. The molecule has 0 aliphatic carbocycles. The predicted molar refractivity (Wildman–Crippen MR) is 32.2 cm³/mol. The Kier molecular flexibility index (Phi) is 0.918. The highest BCUT2D eigenvalue weighted by molar-refractivity contribution is 5.30. The van der Waals surface area contributed by atoms with Crippen LogP contribution >= 0.6 is 0 Å². The van der Waals surface area contributed by atoms with Gasteiger partial charge in [-0.2, -0.15) is 0 Å². The average molecular weight is 122 g/mol. The van der Waals surface area contributed by atoms with Crippen LogP contribution < -0.4 is 9.72 Å². The Labute approximate surface area is 53.5 Å². The van der Waals surface area contributed by atoms with Gasteiger partial charge in [-0.3, -0.25) is 0 Å². The van der Waals surface area contributed by atoms with Crippen molar-refractivity contribution in [2.75, 3.05) is 6.61 Å². The molecule has 0 amide bonds. The standard InChI is InChI=1S/C7H7NO/c1-3-8-5-7-6(1)2-4-9-7/h1,3,5H,2,4H2/p+1. The average Bonchev–Trinajstić information content (AvgIpc) is 2.33. The maximum Gasteiger partial charge on any atom is 0.209 e. The molecule has 0 bridgehead atoms. The first kappa shape index (κ1) is 4.79. The number of H-pyrrole nitrogens is 1. The van der Waals surface area contributed by atoms with E-state index in [0.29, 0.717) is 0 Å². The number of rotatable bonds is 0. The zero-order valence-corrected chi connectivity index (χ0v) is 5.05. The van der Waals surface area contributed by atoms with Crippen molar-refractivity contribution in [3.8, 4) is 5.75 Å². The Balaban J connectivity index is 2.54. The molecule has 0 unspecified atom stereocenters. The second-order valence-electron chi connectivity index (χ2n) is 2.13. The van der Waals surface area contributed by atoms with E-state index < -0.39 is 0 Å². The van der Waals surface area contributed by atoms with Crippen molar-refractivity contribution in [2.24, 2.45) is 0 Å². The summed E-state index contributed by atoms with van der Waals surface area (Å²) in [6, 6.07) is 2.06. The molecule has 0 fully saturated rings. The van der Waals surface area contributed by atoms with Gasteiger partial charge >= 0.3 is 0 Å². The number of aromatic amines is 1. The fourth-order valence-corrected chi connectivity index (χ4v) is 1.06. The third-order valence-electron chi connectivity index (χ3n) is 1.54. The maximum atomic E-state index is 5.27. The normalized spacial score (nSPS) is 14.7. The fraction of sp³-hybridized carbons (Fsp3) is 0.286. The summed E-state index contributed by atoms with van der Waals surface area (Å²) in [5, 5.41) is 0. The molecule has 2 heterocycles. The zero-order valence-electron chi connectivity index (χ0n) is 5.05. The number of aromatic nitrogens is 1. The number of fused-ring (bicyclic) bond motifs is 1. The molecule has 2 rings (SSSR count). The molecule has 0 saturated heterocycles. The Morgan fingerprint density at radius 1 is 1.56 bits per heavy atom. The molecule has 0 saturated carbocycles. The minimum Gasteiger partial charge on any atom is -0.487 e. The SMILES string of the molecule is c1cc2c(c[nH+]1)OCC2. The lowest BCUT2D eigenvalue weighted by molar-refractivity contribution is -0.378. The highest BCUT2D eigenvalue weighted by Gasteiger charge is 2.12. The Morgan fingerprint density at radius 3 is 3.44 bits per heavy atom. The van der Waals surface area contributed by atoms with Crippen molar-refractivity contribution in [3.63, 3.8) is 0 Å². The first-order chi connectivity index (χ1) is 4.47. The number of hydrogen-bond acceptors (Lipinski definition) is 1. The van der Waals surface area contributed by atoms with Gasteiger partial charge in [0.15, 0.2) is 11.9 Å². The summed E-state index contributed by atoms with van der Waals surface area (Å²) < 4.78 is 5.27. The first-order valence-corrected chi connectivity index (χ1v) is 3.08. The lowest BCUT2D eigenvalue weighted by Gasteiger charge is -1.89. The smallest absolute Gasteiger partial charge is 0.209 e. The lowest BCUT2D eigenvalue weighted by Crippen LogP contribution is -1.98. The van der Waals surface area contributed by atoms with Crippen LogP contribution in [0.25, 0.3) is 0 Å². The molecule has 2 nitrogen and oxygen atoms in total. The minimum absolute atomic E-state index is 0.840. The molecule has 1 aromatic heterocycles. The van der Waals surface area contributed by atoms with Gasteiger partial charge in [0, 0.05) is 18.1 Å². The number of hydrogen-bond donors (Lipinski definition) is 0. The van der Waals surface area contributed by atoms with Crippen LogP contribution in [0.15, 0.2) is 18.5 Å². The van der Waals surface area contributed by atoms with Crippen molar-refractivity contribution in [1.82, 2.24) is 0 Å². The summed E-state index contributed by atoms with van der Waals surface area (Å²) in [5.41, 5.74) is 1.31. The van der Waals surface area contributed by atoms with Gasteiger partial charge < -0.3 is 4.74 Å². The van der Waals surface area contributed by atoms with E-state index in [4.69, 9.17) is 4.74 Å². The summed E-state index contributed by atoms with van der Waals surface area (Å²) in [4.78, 5) is 2.97. The Hall–Kier alpha value is -1.05. The second-order valence-corrected chi connectivity index (χ2v) is 2.13. The highest BCUT2D eigenvalue weighted by Crippen LogP contribution is 2.20. The predicted octanol–water partition coefficient (Wildman–Crippen LogP) is 0.436. The number of pyridine rings is 1. The molecule has 1 N–H and O–H groups in total. The minimum atomic E-state index is 0.840. The van der Waals surface area contributed by atoms with Gasteiger partial charge in [-0.15, -0.1) is 0 Å². The van der Waals surface area contributed by atoms with Gasteiger partial charge in [0.05, 0.1) is 6.61 Å². The van der Waals surface area contributed by atoms with Gasteiger partial charge in [0.2, 0.25) is 6.20 Å². The van der Waals surface area contributed by atoms with E-state index in [1.165, 1.54) is 5.56 Å². The fourth-order valence-electron chi connectivity index (χ4n) is 1.06. The zero-order chi connectivity index (χ0) is 6.10. The summed E-state index contributed by atoms with van der Waals surface area (Å²) in [6.45, 7) is 0.840. The molecule has 0 radical (unpaired) electrons. The van der Waals surface area contributed by atoms with Crippen molar-refractivity contribution in [1.29, 1.82) is 0 Å². The molecule has 1 aromatic rings. The Morgan fingerprint density at radius 2 is 2.56 bits per heavy atom. The highest BCUT2D eigenvalue weighted by atomic mass is 16.5. The summed E-state index contributed by atoms with van der Waals surface area (Å²) in [6.07, 6.45) is 4.87. The number of ether oxygens (including phenoxy) is 1. The molecule has 0 atom stereocenters. The van der Waals surface area contributed by atoms with Gasteiger partial charge in [0.25, 0.3) is 0 Å². The topological polar surface area (TPSA) is 23.4 Å². The van der Waals surface area contributed by atoms with Crippen LogP contribution in [0.5, 0.6) is 5.75 Å². The van der Waals surface area contributed by atoms with Gasteiger partial charge in [-0.05, 0) is 0 Å². The molecule has 1 aliphatic heterocycles. The molecule has 0 spiro atoms. The largest absolute Gasteiger partial charge is 0.487 e. The van der Waals surface area contributed by atoms with Gasteiger partial charge in [0.1, 0.15) is 0 Å². The van der Waals surface area contributed by atoms with Crippen LogP contribution in [-0.4, -0.2) is 6.61 Å². The van der Waals surface area contributed by atoms with Crippen LogP contribution in [0, 0.1) is 0 Å². The van der Waals surface area contributed by atoms with Crippen LogP contribution in [0.3, 0.4) is 0 Å². The van der Waals surface area contributed by atoms with E-state index in [0.717, 1.165) is 18.8 Å². The van der Waals surface area contributed by atoms with Crippen molar-refractivity contribution in [2.45, 2.75) is 6.42 Å². The molecule has 9 heavy (non-hydrogen) atoms. The Bertz CT molecular complexity index is 199. The van der Waals surface area contributed by atoms with E-state index >= 15 is 0 Å². The van der Waals surface area contributed by atoms with Crippen LogP contribution in [0.2, 0.25) is 0 Å². The second kappa shape index (κ2) is 1.72. The van der Waals surface area contributed by atoms with E-state index in [2.05, 4.69) is 11.1 Å². The molecule has 46 valence electrons. The first-order valence-electron chi connectivity index (χ1n) is 3.08. The maximum absolute atomic E-state index is 5.27. The van der Waals surface area contributed by atoms with Crippen molar-refractivity contribution < 1.29 is 9.72 Å². The van der Waals surface area contributed by atoms with Gasteiger partial charge in [-0.25, -0.2) is 4.98 Å². The van der Waals surface area contributed by atoms with Crippen LogP contribution in [0.4, 0.5) is 0 Å². The summed E-state index contributed by atoms with van der Waals surface area (Å²) in [5.74, 6) is 1.01. The van der Waals surface area contributed by atoms with E-state index in [9.17, 15) is 0 Å². The summed E-state index contributed by atoms with van der Waals surface area (Å²) in [7, 11) is 0. The molecular weight excluding hydrogens is 114 g/mol. The molecule has 1 aliphatic rings. The number of nitrogens with one attached hydrogen (secondary N) is 1. The third kappa shape index (κ3) is 0.669. The monoisotopic (exact) mass is 122 g/mol. The van der Waals surface area contributed by atoms with Crippen LogP contribution in [-0.2, 0) is 6.42 Å². The molecule has 2 heteroatoms. The van der Waals surface area contributed by atoms with E-state index in [1.54, 1.807) is 0 Å². The van der Waals surface area contributed by atoms with Gasteiger partial charge in [-0.1, -0.05) is 0 Å². The summed E-state index contributed by atoms with van der Waals surface area (Å²) >= 11 is 0. The van der Waals surface area contributed by atoms with E-state index in [1.807, 2.05) is 12.4 Å². The quantitative estimate of drug-likeness (QED) is 0.489. The van der Waals surface area contributed by atoms with Crippen LogP contribution in [0.1, 0.15) is 5.56 Å². The lowest BCUT2D eigenvalue weighted by atomic mass is 10.2. The van der Waals surface area contributed by atoms with Crippen molar-refractivity contribution >= 4 is 0 Å². The van der Waals surface area contributed by atoms with E-state index in [-0.39, 0.29) is 0 Å². The third-order valence-corrected chi connectivity index (χ3v) is 1.54.